The molecule has 6 nitrogen and oxygen atoms in total. The number of alkyl carbamates (subject to hydrolysis) is 1. The lowest BCUT2D eigenvalue weighted by Crippen LogP contribution is -2.44. The fourth-order valence-electron chi connectivity index (χ4n) is 2.87. The van der Waals surface area contributed by atoms with Crippen molar-refractivity contribution < 1.29 is 19.4 Å². The van der Waals surface area contributed by atoms with Crippen LogP contribution in [-0.4, -0.2) is 33.4 Å². The zero-order valence-corrected chi connectivity index (χ0v) is 16.1. The predicted molar refractivity (Wildman–Crippen MR) is 101 cm³/mol. The summed E-state index contributed by atoms with van der Waals surface area (Å²) in [7, 11) is 0. The van der Waals surface area contributed by atoms with Gasteiger partial charge in [-0.05, 0) is 45.7 Å². The second kappa shape index (κ2) is 7.81. The van der Waals surface area contributed by atoms with Crippen LogP contribution in [0.2, 0.25) is 0 Å². The number of para-hydroxylation sites is 1. The number of nitrogens with zero attached hydrogens (tertiary/aromatic N) is 1. The van der Waals surface area contributed by atoms with Crippen molar-refractivity contribution in [2.75, 3.05) is 0 Å². The standard InChI is InChI=1S/C20H28N2O4/c1-6-13(2)22-12-14(15-9-7-8-10-17(15)22)11-16(18(23)24)21-19(25)26-20(3,4)5/h7-10,12-13,16H,6,11H2,1-5H3,(H,21,25)(H,23,24). The number of benzene rings is 1. The topological polar surface area (TPSA) is 80.6 Å². The minimum absolute atomic E-state index is 0.193. The number of aliphatic carboxylic acids is 1. The quantitative estimate of drug-likeness (QED) is 0.811. The van der Waals surface area contributed by atoms with E-state index in [-0.39, 0.29) is 6.42 Å². The molecule has 1 aromatic carbocycles. The molecule has 0 aliphatic rings. The van der Waals surface area contributed by atoms with Crippen molar-refractivity contribution in [3.63, 3.8) is 0 Å². The zero-order chi connectivity index (χ0) is 19.5. The van der Waals surface area contributed by atoms with Gasteiger partial charge in [-0.2, -0.15) is 0 Å². The van der Waals surface area contributed by atoms with Gasteiger partial charge in [0, 0.05) is 29.6 Å². The van der Waals surface area contributed by atoms with Crippen LogP contribution in [0.1, 0.15) is 52.6 Å². The van der Waals surface area contributed by atoms with E-state index in [1.807, 2.05) is 30.5 Å². The Morgan fingerprint density at radius 1 is 1.27 bits per heavy atom. The summed E-state index contributed by atoms with van der Waals surface area (Å²) >= 11 is 0. The average molecular weight is 360 g/mol. The van der Waals surface area contributed by atoms with E-state index in [2.05, 4.69) is 23.7 Å². The molecule has 1 heterocycles. The Balaban J connectivity index is 2.29. The number of ether oxygens (including phenoxy) is 1. The highest BCUT2D eigenvalue weighted by Crippen LogP contribution is 2.27. The first-order valence-electron chi connectivity index (χ1n) is 8.93. The fourth-order valence-corrected chi connectivity index (χ4v) is 2.87. The van der Waals surface area contributed by atoms with Crippen LogP contribution < -0.4 is 5.32 Å². The summed E-state index contributed by atoms with van der Waals surface area (Å²) in [6.07, 6.45) is 2.43. The van der Waals surface area contributed by atoms with Crippen LogP contribution in [0.4, 0.5) is 4.79 Å². The molecule has 1 aromatic heterocycles. The van der Waals surface area contributed by atoms with E-state index in [0.29, 0.717) is 6.04 Å². The maximum atomic E-state index is 12.0. The van der Waals surface area contributed by atoms with Crippen molar-refractivity contribution in [2.24, 2.45) is 0 Å². The van der Waals surface area contributed by atoms with Gasteiger partial charge in [-0.25, -0.2) is 9.59 Å². The molecule has 0 saturated heterocycles. The second-order valence-corrected chi connectivity index (χ2v) is 7.58. The molecule has 26 heavy (non-hydrogen) atoms. The Labute approximate surface area is 154 Å². The third-order valence-corrected chi connectivity index (χ3v) is 4.30. The van der Waals surface area contributed by atoms with Gasteiger partial charge >= 0.3 is 12.1 Å². The molecule has 0 radical (unpaired) electrons. The number of nitrogens with one attached hydrogen (secondary N) is 1. The van der Waals surface area contributed by atoms with E-state index < -0.39 is 23.7 Å². The predicted octanol–water partition coefficient (Wildman–Crippen LogP) is 4.13. The van der Waals surface area contributed by atoms with Gasteiger partial charge in [0.2, 0.25) is 0 Å². The van der Waals surface area contributed by atoms with Gasteiger partial charge in [-0.15, -0.1) is 0 Å². The molecular weight excluding hydrogens is 332 g/mol. The number of aromatic nitrogens is 1. The van der Waals surface area contributed by atoms with Crippen molar-refractivity contribution in [3.8, 4) is 0 Å². The van der Waals surface area contributed by atoms with Crippen LogP contribution in [0, 0.1) is 0 Å². The summed E-state index contributed by atoms with van der Waals surface area (Å²) in [5.41, 5.74) is 1.28. The Kier molecular flexibility index (Phi) is 5.95. The first kappa shape index (κ1) is 19.8. The van der Waals surface area contributed by atoms with Crippen molar-refractivity contribution in [1.29, 1.82) is 0 Å². The maximum Gasteiger partial charge on any atom is 0.408 e. The molecule has 0 aliphatic heterocycles. The molecule has 1 amide bonds. The monoisotopic (exact) mass is 360 g/mol. The van der Waals surface area contributed by atoms with Gasteiger partial charge in [0.05, 0.1) is 0 Å². The molecule has 2 N–H and O–H groups in total. The molecule has 2 atom stereocenters. The summed E-state index contributed by atoms with van der Waals surface area (Å²) in [4.78, 5) is 23.6. The van der Waals surface area contributed by atoms with E-state index in [9.17, 15) is 14.7 Å². The highest BCUT2D eigenvalue weighted by atomic mass is 16.6. The van der Waals surface area contributed by atoms with Gasteiger partial charge in [0.1, 0.15) is 11.6 Å². The van der Waals surface area contributed by atoms with E-state index in [4.69, 9.17) is 4.74 Å². The highest BCUT2D eigenvalue weighted by molar-refractivity contribution is 5.86. The molecule has 142 valence electrons. The van der Waals surface area contributed by atoms with Gasteiger partial charge < -0.3 is 19.7 Å². The number of hydrogen-bond acceptors (Lipinski definition) is 3. The molecule has 0 bridgehead atoms. The number of carbonyl (C=O) groups is 2. The largest absolute Gasteiger partial charge is 0.480 e. The molecular formula is C20H28N2O4. The first-order chi connectivity index (χ1) is 12.1. The molecule has 0 spiro atoms. The Bertz CT molecular complexity index is 789. The average Bonchev–Trinajstić information content (AvgIpc) is 2.90. The van der Waals surface area contributed by atoms with Crippen LogP contribution in [0.15, 0.2) is 30.5 Å². The third kappa shape index (κ3) is 4.77. The van der Waals surface area contributed by atoms with E-state index >= 15 is 0 Å². The smallest absolute Gasteiger partial charge is 0.408 e. The number of carboxylic acids is 1. The second-order valence-electron chi connectivity index (χ2n) is 7.58. The van der Waals surface area contributed by atoms with Gasteiger partial charge in [-0.3, -0.25) is 0 Å². The lowest BCUT2D eigenvalue weighted by atomic mass is 10.1. The lowest BCUT2D eigenvalue weighted by Gasteiger charge is -2.22. The molecule has 0 fully saturated rings. The lowest BCUT2D eigenvalue weighted by molar-refractivity contribution is -0.139. The third-order valence-electron chi connectivity index (χ3n) is 4.30. The number of rotatable bonds is 6. The normalized spacial score (nSPS) is 14.0. The van der Waals surface area contributed by atoms with Crippen LogP contribution in [0.5, 0.6) is 0 Å². The van der Waals surface area contributed by atoms with E-state index in [1.54, 1.807) is 20.8 Å². The molecule has 0 saturated carbocycles. The van der Waals surface area contributed by atoms with Crippen molar-refractivity contribution in [2.45, 2.75) is 65.1 Å². The molecule has 2 aromatic rings. The number of carbonyl (C=O) groups excluding carboxylic acids is 1. The molecule has 0 aliphatic carbocycles. The van der Waals surface area contributed by atoms with Crippen LogP contribution in [0.25, 0.3) is 10.9 Å². The maximum absolute atomic E-state index is 12.0. The highest BCUT2D eigenvalue weighted by Gasteiger charge is 2.25. The van der Waals surface area contributed by atoms with Gasteiger partial charge in [-0.1, -0.05) is 25.1 Å². The summed E-state index contributed by atoms with van der Waals surface area (Å²) in [6, 6.07) is 7.16. The number of hydrogen-bond donors (Lipinski definition) is 2. The molecule has 2 unspecified atom stereocenters. The first-order valence-corrected chi connectivity index (χ1v) is 8.93. The van der Waals surface area contributed by atoms with Crippen LogP contribution in [-0.2, 0) is 16.0 Å². The molecule has 6 heteroatoms. The number of fused-ring (bicyclic) bond motifs is 1. The van der Waals surface area contributed by atoms with E-state index in [0.717, 1.165) is 22.9 Å². The summed E-state index contributed by atoms with van der Waals surface area (Å²) in [5.74, 6) is -1.09. The van der Waals surface area contributed by atoms with Crippen LogP contribution >= 0.6 is 0 Å². The summed E-state index contributed by atoms with van der Waals surface area (Å²) in [6.45, 7) is 9.46. The van der Waals surface area contributed by atoms with Crippen LogP contribution in [0.3, 0.4) is 0 Å². The van der Waals surface area contributed by atoms with Crippen molar-refractivity contribution in [1.82, 2.24) is 9.88 Å². The Morgan fingerprint density at radius 2 is 1.92 bits per heavy atom. The van der Waals surface area contributed by atoms with E-state index in [1.165, 1.54) is 0 Å². The minimum Gasteiger partial charge on any atom is -0.480 e. The van der Waals surface area contributed by atoms with Crippen molar-refractivity contribution in [3.05, 3.63) is 36.0 Å². The Hall–Kier alpha value is -2.50. The minimum atomic E-state index is -1.09. The van der Waals surface area contributed by atoms with Crippen molar-refractivity contribution >= 4 is 23.0 Å². The number of amides is 1. The van der Waals surface area contributed by atoms with Gasteiger partial charge in [0.25, 0.3) is 0 Å². The summed E-state index contributed by atoms with van der Waals surface area (Å²) < 4.78 is 7.35. The van der Waals surface area contributed by atoms with Gasteiger partial charge in [0.15, 0.2) is 0 Å². The number of carboxylic acid groups (broad SMARTS) is 1. The summed E-state index contributed by atoms with van der Waals surface area (Å²) in [5, 5.41) is 13.0. The Morgan fingerprint density at radius 3 is 2.50 bits per heavy atom. The fraction of sp³-hybridized carbons (Fsp3) is 0.500. The zero-order valence-electron chi connectivity index (χ0n) is 16.1. The SMILES string of the molecule is CCC(C)n1cc(CC(NC(=O)OC(C)(C)C)C(=O)O)c2ccccc21. The molecule has 2 rings (SSSR count).